The summed E-state index contributed by atoms with van der Waals surface area (Å²) in [7, 11) is 1.56. The van der Waals surface area contributed by atoms with Crippen LogP contribution in [0.25, 0.3) is 0 Å². The Morgan fingerprint density at radius 2 is 1.87 bits per heavy atom. The van der Waals surface area contributed by atoms with Gasteiger partial charge >= 0.3 is 5.97 Å². The molecular weight excluding hydrogens is 200 g/mol. The van der Waals surface area contributed by atoms with Crippen molar-refractivity contribution in [1.82, 2.24) is 0 Å². The van der Waals surface area contributed by atoms with Crippen molar-refractivity contribution in [3.05, 3.63) is 0 Å². The molecule has 0 aliphatic rings. The van der Waals surface area contributed by atoms with Gasteiger partial charge in [-0.25, -0.2) is 0 Å². The summed E-state index contributed by atoms with van der Waals surface area (Å²) in [5.41, 5.74) is 0. The van der Waals surface area contributed by atoms with Crippen LogP contribution in [-0.2, 0) is 23.8 Å². The maximum absolute atomic E-state index is 11.1. The van der Waals surface area contributed by atoms with Gasteiger partial charge in [-0.2, -0.15) is 0 Å². The number of ketones is 1. The average molecular weight is 218 g/mol. The quantitative estimate of drug-likeness (QED) is 0.418. The summed E-state index contributed by atoms with van der Waals surface area (Å²) >= 11 is 0. The van der Waals surface area contributed by atoms with E-state index in [-0.39, 0.29) is 31.2 Å². The predicted octanol–water partition coefficient (Wildman–Crippen LogP) is 0.562. The Labute approximate surface area is 89.7 Å². The molecule has 5 heteroatoms. The fourth-order valence-corrected chi connectivity index (χ4v) is 0.875. The highest BCUT2D eigenvalue weighted by molar-refractivity contribution is 5.83. The second-order valence-corrected chi connectivity index (χ2v) is 2.89. The van der Waals surface area contributed by atoms with Crippen molar-refractivity contribution in [3.8, 4) is 0 Å². The number of hydrogen-bond acceptors (Lipinski definition) is 5. The third-order valence-corrected chi connectivity index (χ3v) is 1.61. The largest absolute Gasteiger partial charge is 0.466 e. The minimum absolute atomic E-state index is 0.0305. The van der Waals surface area contributed by atoms with Crippen LogP contribution in [0.3, 0.4) is 0 Å². The van der Waals surface area contributed by atoms with Crippen LogP contribution in [0.2, 0.25) is 0 Å². The highest BCUT2D eigenvalue weighted by Crippen LogP contribution is 1.95. The van der Waals surface area contributed by atoms with Gasteiger partial charge in [-0.1, -0.05) is 0 Å². The van der Waals surface area contributed by atoms with Crippen molar-refractivity contribution in [2.45, 2.75) is 19.8 Å². The van der Waals surface area contributed by atoms with Gasteiger partial charge in [-0.05, 0) is 6.92 Å². The SMILES string of the molecule is CCOC(=O)CCC(=O)COCCOC. The molecule has 0 spiro atoms. The number of rotatable bonds is 9. The van der Waals surface area contributed by atoms with E-state index in [4.69, 9.17) is 9.47 Å². The molecule has 0 unspecified atom stereocenters. The van der Waals surface area contributed by atoms with Gasteiger partial charge in [-0.3, -0.25) is 9.59 Å². The molecule has 5 nitrogen and oxygen atoms in total. The molecule has 0 saturated heterocycles. The fourth-order valence-electron chi connectivity index (χ4n) is 0.875. The van der Waals surface area contributed by atoms with E-state index in [0.29, 0.717) is 19.8 Å². The van der Waals surface area contributed by atoms with E-state index >= 15 is 0 Å². The Kier molecular flexibility index (Phi) is 9.01. The highest BCUT2D eigenvalue weighted by atomic mass is 16.5. The maximum atomic E-state index is 11.1. The first-order chi connectivity index (χ1) is 7.20. The number of carbonyl (C=O) groups excluding carboxylic acids is 2. The lowest BCUT2D eigenvalue weighted by Crippen LogP contribution is -2.14. The summed E-state index contributed by atoms with van der Waals surface area (Å²) in [6, 6.07) is 0. The maximum Gasteiger partial charge on any atom is 0.306 e. The standard InChI is InChI=1S/C10H18O5/c1-3-15-10(12)5-4-9(11)8-14-7-6-13-2/h3-8H2,1-2H3. The van der Waals surface area contributed by atoms with Crippen LogP contribution >= 0.6 is 0 Å². The van der Waals surface area contributed by atoms with Crippen LogP contribution in [0, 0.1) is 0 Å². The molecule has 0 atom stereocenters. The van der Waals surface area contributed by atoms with Crippen molar-refractivity contribution in [3.63, 3.8) is 0 Å². The zero-order valence-corrected chi connectivity index (χ0v) is 9.28. The van der Waals surface area contributed by atoms with E-state index in [0.717, 1.165) is 0 Å². The topological polar surface area (TPSA) is 61.8 Å². The summed E-state index contributed by atoms with van der Waals surface area (Å²) in [4.78, 5) is 22.0. The third-order valence-electron chi connectivity index (χ3n) is 1.61. The minimum atomic E-state index is -0.345. The molecule has 0 aliphatic carbocycles. The number of methoxy groups -OCH3 is 1. The van der Waals surface area contributed by atoms with Gasteiger partial charge in [-0.15, -0.1) is 0 Å². The number of esters is 1. The Bertz CT molecular complexity index is 190. The molecule has 0 saturated carbocycles. The zero-order chi connectivity index (χ0) is 11.5. The van der Waals surface area contributed by atoms with E-state index < -0.39 is 0 Å². The Morgan fingerprint density at radius 1 is 1.13 bits per heavy atom. The molecule has 0 N–H and O–H groups in total. The molecule has 0 aromatic heterocycles. The van der Waals surface area contributed by atoms with Crippen LogP contribution < -0.4 is 0 Å². The number of ether oxygens (including phenoxy) is 3. The molecule has 88 valence electrons. The first-order valence-electron chi connectivity index (χ1n) is 4.94. The second kappa shape index (κ2) is 9.61. The van der Waals surface area contributed by atoms with E-state index in [1.54, 1.807) is 14.0 Å². The Hall–Kier alpha value is -0.940. The first-order valence-corrected chi connectivity index (χ1v) is 4.94. The third kappa shape index (κ3) is 9.37. The van der Waals surface area contributed by atoms with Crippen LogP contribution in [0.4, 0.5) is 0 Å². The number of hydrogen-bond donors (Lipinski definition) is 0. The number of carbonyl (C=O) groups is 2. The van der Waals surface area contributed by atoms with Gasteiger partial charge in [0.25, 0.3) is 0 Å². The monoisotopic (exact) mass is 218 g/mol. The highest BCUT2D eigenvalue weighted by Gasteiger charge is 2.07. The van der Waals surface area contributed by atoms with E-state index in [1.165, 1.54) is 0 Å². The predicted molar refractivity (Wildman–Crippen MR) is 53.6 cm³/mol. The van der Waals surface area contributed by atoms with Crippen molar-refractivity contribution in [1.29, 1.82) is 0 Å². The van der Waals surface area contributed by atoms with Crippen LogP contribution in [0.1, 0.15) is 19.8 Å². The second-order valence-electron chi connectivity index (χ2n) is 2.89. The molecular formula is C10H18O5. The number of Topliss-reactive ketones (excluding diaryl/α,β-unsaturated/α-hetero) is 1. The first kappa shape index (κ1) is 14.1. The van der Waals surface area contributed by atoms with Gasteiger partial charge in [0.15, 0.2) is 5.78 Å². The van der Waals surface area contributed by atoms with E-state index in [1.807, 2.05) is 0 Å². The lowest BCUT2D eigenvalue weighted by Gasteiger charge is -2.03. The van der Waals surface area contributed by atoms with Crippen LogP contribution in [-0.4, -0.2) is 45.3 Å². The van der Waals surface area contributed by atoms with Crippen LogP contribution in [0.15, 0.2) is 0 Å². The summed E-state index contributed by atoms with van der Waals surface area (Å²) < 4.78 is 14.4. The molecule has 0 aromatic carbocycles. The molecule has 0 rings (SSSR count). The molecule has 0 bridgehead atoms. The summed E-state index contributed by atoms with van der Waals surface area (Å²) in [6.07, 6.45) is 0.298. The molecule has 0 heterocycles. The zero-order valence-electron chi connectivity index (χ0n) is 9.28. The Balaban J connectivity index is 3.36. The van der Waals surface area contributed by atoms with E-state index in [9.17, 15) is 9.59 Å². The van der Waals surface area contributed by atoms with E-state index in [2.05, 4.69) is 4.74 Å². The molecule has 0 aliphatic heterocycles. The fraction of sp³-hybridized carbons (Fsp3) is 0.800. The average Bonchev–Trinajstić information content (AvgIpc) is 2.22. The van der Waals surface area contributed by atoms with Gasteiger partial charge in [0, 0.05) is 13.5 Å². The summed E-state index contributed by atoms with van der Waals surface area (Å²) in [5, 5.41) is 0. The smallest absolute Gasteiger partial charge is 0.306 e. The van der Waals surface area contributed by atoms with Crippen LogP contribution in [0.5, 0.6) is 0 Å². The van der Waals surface area contributed by atoms with Gasteiger partial charge < -0.3 is 14.2 Å². The molecule has 0 fully saturated rings. The summed E-state index contributed by atoms with van der Waals surface area (Å²) in [5.74, 6) is -0.443. The van der Waals surface area contributed by atoms with Crippen molar-refractivity contribution in [2.75, 3.05) is 33.5 Å². The van der Waals surface area contributed by atoms with Gasteiger partial charge in [0.1, 0.15) is 6.61 Å². The van der Waals surface area contributed by atoms with Crippen molar-refractivity contribution < 1.29 is 23.8 Å². The molecule has 0 amide bonds. The lowest BCUT2D eigenvalue weighted by atomic mass is 10.2. The molecule has 0 radical (unpaired) electrons. The normalized spacial score (nSPS) is 10.0. The lowest BCUT2D eigenvalue weighted by molar-refractivity contribution is -0.144. The van der Waals surface area contributed by atoms with Crippen molar-refractivity contribution in [2.24, 2.45) is 0 Å². The Morgan fingerprint density at radius 3 is 2.47 bits per heavy atom. The van der Waals surface area contributed by atoms with Gasteiger partial charge in [0.2, 0.25) is 0 Å². The molecule has 0 aromatic rings. The van der Waals surface area contributed by atoms with Crippen molar-refractivity contribution >= 4 is 11.8 Å². The summed E-state index contributed by atoms with van der Waals surface area (Å²) in [6.45, 7) is 2.96. The minimum Gasteiger partial charge on any atom is -0.466 e. The molecule has 15 heavy (non-hydrogen) atoms. The van der Waals surface area contributed by atoms with Gasteiger partial charge in [0.05, 0.1) is 26.2 Å².